The third-order valence-electron chi connectivity index (χ3n) is 4.65. The van der Waals surface area contributed by atoms with Crippen LogP contribution in [0.1, 0.15) is 19.4 Å². The molecule has 32 heavy (non-hydrogen) atoms. The molecule has 1 aromatic heterocycles. The highest BCUT2D eigenvalue weighted by Crippen LogP contribution is 2.33. The summed E-state index contributed by atoms with van der Waals surface area (Å²) in [7, 11) is 0. The zero-order valence-electron chi connectivity index (χ0n) is 17.7. The first-order valence-electron chi connectivity index (χ1n) is 9.99. The maximum Gasteiger partial charge on any atom is 0.211 e. The average Bonchev–Trinajstić information content (AvgIpc) is 3.29. The highest BCUT2D eigenvalue weighted by Gasteiger charge is 2.15. The van der Waals surface area contributed by atoms with Crippen molar-refractivity contribution >= 4 is 56.4 Å². The molecule has 0 bridgehead atoms. The monoisotopic (exact) mass is 527 g/mol. The Labute approximate surface area is 207 Å². The molecule has 0 aliphatic rings. The molecule has 0 N–H and O–H groups in total. The fourth-order valence-corrected chi connectivity index (χ4v) is 3.99. The number of halogens is 2. The van der Waals surface area contributed by atoms with Crippen LogP contribution in [0.4, 0.5) is 10.8 Å². The molecule has 1 heterocycles. The second-order valence-electron chi connectivity index (χ2n) is 6.81. The summed E-state index contributed by atoms with van der Waals surface area (Å²) >= 11 is 7.59. The summed E-state index contributed by atoms with van der Waals surface area (Å²) in [6.07, 6.45) is 0. The summed E-state index contributed by atoms with van der Waals surface area (Å²) in [5.74, 6) is 0.857. The van der Waals surface area contributed by atoms with E-state index in [-0.39, 0.29) is 17.0 Å². The van der Waals surface area contributed by atoms with Gasteiger partial charge in [-0.25, -0.2) is 9.99 Å². The van der Waals surface area contributed by atoms with Gasteiger partial charge in [0.2, 0.25) is 5.13 Å². The van der Waals surface area contributed by atoms with E-state index in [9.17, 15) is 0 Å². The molecule has 0 radical (unpaired) electrons. The molecule has 4 rings (SSSR count). The minimum atomic E-state index is 0. The van der Waals surface area contributed by atoms with Gasteiger partial charge in [0.05, 0.1) is 23.7 Å². The minimum absolute atomic E-state index is 0. The Morgan fingerprint density at radius 2 is 1.69 bits per heavy atom. The third kappa shape index (κ3) is 5.76. The van der Waals surface area contributed by atoms with Crippen LogP contribution in [0.25, 0.3) is 11.3 Å². The molecule has 0 spiro atoms. The Morgan fingerprint density at radius 3 is 2.34 bits per heavy atom. The van der Waals surface area contributed by atoms with Crippen LogP contribution in [0.15, 0.2) is 89.3 Å². The lowest BCUT2D eigenvalue weighted by Crippen LogP contribution is -2.12. The number of anilines is 2. The zero-order chi connectivity index (χ0) is 21.6. The molecule has 4 nitrogen and oxygen atoms in total. The maximum absolute atomic E-state index is 6.04. The molecule has 0 aliphatic carbocycles. The molecule has 0 atom stereocenters. The second-order valence-corrected chi connectivity index (χ2v) is 8.09. The van der Waals surface area contributed by atoms with Gasteiger partial charge in [-0.2, -0.15) is 5.10 Å². The third-order valence-corrected chi connectivity index (χ3v) is 5.72. The largest absolute Gasteiger partial charge is 0.494 e. The standard InChI is InChI=1S/C25H22ClN3OS.BrH/c1-3-30-23-15-11-20(12-16-23)24-17-31-25(27-24)29(22-7-5-4-6-8-22)28-18(2)19-9-13-21(26)14-10-19;/h4-17H,3H2,1-2H3;1H/b28-18+;. The summed E-state index contributed by atoms with van der Waals surface area (Å²) in [4.78, 5) is 4.87. The highest BCUT2D eigenvalue weighted by molar-refractivity contribution is 8.93. The van der Waals surface area contributed by atoms with Crippen molar-refractivity contribution in [3.63, 3.8) is 0 Å². The molecular formula is C25H23BrClN3OS. The predicted molar refractivity (Wildman–Crippen MR) is 141 cm³/mol. The number of rotatable bonds is 7. The van der Waals surface area contributed by atoms with Crippen LogP contribution in [-0.4, -0.2) is 17.3 Å². The topological polar surface area (TPSA) is 37.7 Å². The van der Waals surface area contributed by atoms with E-state index in [0.717, 1.165) is 39.1 Å². The molecule has 3 aromatic carbocycles. The lowest BCUT2D eigenvalue weighted by Gasteiger charge is -2.17. The first-order valence-corrected chi connectivity index (χ1v) is 11.2. The second kappa shape index (κ2) is 11.3. The van der Waals surface area contributed by atoms with E-state index < -0.39 is 0 Å². The van der Waals surface area contributed by atoms with Crippen molar-refractivity contribution in [1.82, 2.24) is 4.98 Å². The fourth-order valence-electron chi connectivity index (χ4n) is 3.06. The van der Waals surface area contributed by atoms with Gasteiger partial charge in [-0.15, -0.1) is 28.3 Å². The number of nitrogens with zero attached hydrogens (tertiary/aromatic N) is 3. The molecule has 0 fully saturated rings. The van der Waals surface area contributed by atoms with Crippen LogP contribution in [0.2, 0.25) is 5.02 Å². The van der Waals surface area contributed by atoms with Crippen LogP contribution in [0, 0.1) is 0 Å². The van der Waals surface area contributed by atoms with Crippen molar-refractivity contribution in [2.75, 3.05) is 11.6 Å². The van der Waals surface area contributed by atoms with E-state index >= 15 is 0 Å². The zero-order valence-corrected chi connectivity index (χ0v) is 21.0. The van der Waals surface area contributed by atoms with Gasteiger partial charge in [0.1, 0.15) is 5.75 Å². The molecule has 0 amide bonds. The van der Waals surface area contributed by atoms with E-state index in [2.05, 4.69) is 0 Å². The van der Waals surface area contributed by atoms with Crippen LogP contribution in [0.5, 0.6) is 5.75 Å². The first-order chi connectivity index (χ1) is 15.1. The number of thiazole rings is 1. The average molecular weight is 529 g/mol. The molecular weight excluding hydrogens is 506 g/mol. The van der Waals surface area contributed by atoms with Gasteiger partial charge in [0.25, 0.3) is 0 Å². The van der Waals surface area contributed by atoms with E-state index in [4.69, 9.17) is 26.4 Å². The summed E-state index contributed by atoms with van der Waals surface area (Å²) in [5, 5.41) is 10.3. The van der Waals surface area contributed by atoms with Gasteiger partial charge in [0, 0.05) is 16.0 Å². The quantitative estimate of drug-likeness (QED) is 0.180. The number of aromatic nitrogens is 1. The van der Waals surface area contributed by atoms with Gasteiger partial charge >= 0.3 is 0 Å². The molecule has 4 aromatic rings. The van der Waals surface area contributed by atoms with Gasteiger partial charge in [-0.1, -0.05) is 41.9 Å². The van der Waals surface area contributed by atoms with Crippen LogP contribution < -0.4 is 9.75 Å². The predicted octanol–water partition coefficient (Wildman–Crippen LogP) is 8.00. The fraction of sp³-hybridized carbons (Fsp3) is 0.120. The molecule has 7 heteroatoms. The smallest absolute Gasteiger partial charge is 0.211 e. The summed E-state index contributed by atoms with van der Waals surface area (Å²) in [5.41, 5.74) is 4.77. The van der Waals surface area contributed by atoms with E-state index in [1.165, 1.54) is 0 Å². The lowest BCUT2D eigenvalue weighted by atomic mass is 10.1. The number of hydrogen-bond acceptors (Lipinski definition) is 5. The van der Waals surface area contributed by atoms with Gasteiger partial charge in [0.15, 0.2) is 0 Å². The van der Waals surface area contributed by atoms with E-state index in [0.29, 0.717) is 11.6 Å². The lowest BCUT2D eigenvalue weighted by molar-refractivity contribution is 0.340. The Balaban J connectivity index is 0.00000289. The Kier molecular flexibility index (Phi) is 8.45. The Hall–Kier alpha value is -2.67. The number of para-hydroxylation sites is 1. The minimum Gasteiger partial charge on any atom is -0.494 e. The molecule has 164 valence electrons. The van der Waals surface area contributed by atoms with Crippen molar-refractivity contribution in [2.24, 2.45) is 5.10 Å². The summed E-state index contributed by atoms with van der Waals surface area (Å²) < 4.78 is 5.54. The number of hydrogen-bond donors (Lipinski definition) is 0. The van der Waals surface area contributed by atoms with Crippen molar-refractivity contribution < 1.29 is 4.74 Å². The van der Waals surface area contributed by atoms with Crippen LogP contribution in [-0.2, 0) is 0 Å². The normalized spacial score (nSPS) is 11.0. The number of hydrazone groups is 1. The summed E-state index contributed by atoms with van der Waals surface area (Å²) in [6, 6.07) is 25.7. The molecule has 0 saturated heterocycles. The number of benzene rings is 3. The van der Waals surface area contributed by atoms with Crippen molar-refractivity contribution in [3.8, 4) is 17.0 Å². The molecule has 0 aliphatic heterocycles. The Bertz CT molecular complexity index is 1160. The van der Waals surface area contributed by atoms with Gasteiger partial charge < -0.3 is 4.74 Å². The SMILES string of the molecule is Br.CCOc1ccc(-c2csc(N(/N=C(\C)c3ccc(Cl)cc3)c3ccccc3)n2)cc1. The van der Waals surface area contributed by atoms with Crippen molar-refractivity contribution in [2.45, 2.75) is 13.8 Å². The maximum atomic E-state index is 6.04. The van der Waals surface area contributed by atoms with Gasteiger partial charge in [-0.05, 0) is 67.9 Å². The van der Waals surface area contributed by atoms with Crippen molar-refractivity contribution in [1.29, 1.82) is 0 Å². The first kappa shape index (κ1) is 24.0. The van der Waals surface area contributed by atoms with Crippen LogP contribution in [0.3, 0.4) is 0 Å². The Morgan fingerprint density at radius 1 is 1.00 bits per heavy atom. The summed E-state index contributed by atoms with van der Waals surface area (Å²) in [6.45, 7) is 4.61. The van der Waals surface area contributed by atoms with E-state index in [1.807, 2.05) is 103 Å². The van der Waals surface area contributed by atoms with Crippen LogP contribution >= 0.6 is 39.9 Å². The van der Waals surface area contributed by atoms with E-state index in [1.54, 1.807) is 11.3 Å². The molecule has 0 unspecified atom stereocenters. The van der Waals surface area contributed by atoms with Crippen molar-refractivity contribution in [3.05, 3.63) is 94.8 Å². The number of ether oxygens (including phenoxy) is 1. The highest BCUT2D eigenvalue weighted by atomic mass is 79.9. The molecule has 0 saturated carbocycles. The van der Waals surface area contributed by atoms with Gasteiger partial charge in [-0.3, -0.25) is 0 Å².